The summed E-state index contributed by atoms with van der Waals surface area (Å²) in [7, 11) is 0. The van der Waals surface area contributed by atoms with Crippen molar-refractivity contribution in [3.8, 4) is 5.82 Å². The molecule has 1 amide bonds. The van der Waals surface area contributed by atoms with Crippen molar-refractivity contribution in [1.82, 2.24) is 19.1 Å². The van der Waals surface area contributed by atoms with Gasteiger partial charge in [0.2, 0.25) is 0 Å². The highest BCUT2D eigenvalue weighted by molar-refractivity contribution is 5.92. The van der Waals surface area contributed by atoms with E-state index in [1.807, 2.05) is 72.8 Å². The summed E-state index contributed by atoms with van der Waals surface area (Å²) in [5.41, 5.74) is 1.57. The van der Waals surface area contributed by atoms with Crippen LogP contribution in [0.4, 0.5) is 0 Å². The Bertz CT molecular complexity index is 800. The average molecular weight is 296 g/mol. The quantitative estimate of drug-likeness (QED) is 0.743. The van der Waals surface area contributed by atoms with Crippen LogP contribution in [0.15, 0.2) is 48.8 Å². The lowest BCUT2D eigenvalue weighted by molar-refractivity contribution is 0.0710. The van der Waals surface area contributed by atoms with E-state index >= 15 is 0 Å². The van der Waals surface area contributed by atoms with Crippen LogP contribution < -0.4 is 0 Å². The minimum Gasteiger partial charge on any atom is -0.335 e. The number of amides is 1. The fourth-order valence-electron chi connectivity index (χ4n) is 2.68. The molecule has 0 saturated heterocycles. The Morgan fingerprint density at radius 1 is 1.18 bits per heavy atom. The van der Waals surface area contributed by atoms with Gasteiger partial charge in [-0.3, -0.25) is 4.79 Å². The number of carbonyl (C=O) groups excluding carboxylic acids is 1. The monoisotopic (exact) mass is 296 g/mol. The summed E-state index contributed by atoms with van der Waals surface area (Å²) < 4.78 is 3.79. The lowest BCUT2D eigenvalue weighted by atomic mass is 10.3. The topological polar surface area (TPSA) is 42.5 Å². The van der Waals surface area contributed by atoms with Crippen LogP contribution in [0.2, 0.25) is 0 Å². The lowest BCUT2D eigenvalue weighted by Gasteiger charge is -2.23. The molecule has 0 saturated carbocycles. The Hall–Kier alpha value is -2.56. The smallest absolute Gasteiger partial charge is 0.274 e. The second-order valence-electron chi connectivity index (χ2n) is 5.52. The first-order valence-electron chi connectivity index (χ1n) is 7.55. The van der Waals surface area contributed by atoms with Crippen molar-refractivity contribution in [3.05, 3.63) is 54.5 Å². The molecule has 0 N–H and O–H groups in total. The van der Waals surface area contributed by atoms with E-state index in [4.69, 9.17) is 0 Å². The summed E-state index contributed by atoms with van der Waals surface area (Å²) in [6.07, 6.45) is 3.82. The van der Waals surface area contributed by atoms with Gasteiger partial charge in [-0.15, -0.1) is 0 Å². The number of carbonyl (C=O) groups is 1. The van der Waals surface area contributed by atoms with Crippen LogP contribution in [0.3, 0.4) is 0 Å². The molecule has 0 radical (unpaired) electrons. The Balaban J connectivity index is 1.95. The summed E-state index contributed by atoms with van der Waals surface area (Å²) in [5.74, 6) is 0.888. The number of aromatic nitrogens is 3. The van der Waals surface area contributed by atoms with Gasteiger partial charge in [0, 0.05) is 30.5 Å². The van der Waals surface area contributed by atoms with Crippen LogP contribution in [0.25, 0.3) is 11.3 Å². The van der Waals surface area contributed by atoms with Gasteiger partial charge in [-0.25, -0.2) is 4.68 Å². The molecule has 0 aliphatic rings. The van der Waals surface area contributed by atoms with Crippen molar-refractivity contribution in [2.45, 2.75) is 26.8 Å². The molecule has 3 aromatic heterocycles. The number of pyridine rings is 1. The van der Waals surface area contributed by atoms with Crippen molar-refractivity contribution >= 4 is 11.4 Å². The summed E-state index contributed by atoms with van der Waals surface area (Å²) in [6.45, 7) is 6.69. The molecule has 22 heavy (non-hydrogen) atoms. The summed E-state index contributed by atoms with van der Waals surface area (Å²) >= 11 is 0. The maximum atomic E-state index is 12.5. The van der Waals surface area contributed by atoms with Crippen LogP contribution in [0.1, 0.15) is 31.3 Å². The Kier molecular flexibility index (Phi) is 3.71. The minimum absolute atomic E-state index is 0.0305. The molecule has 0 fully saturated rings. The van der Waals surface area contributed by atoms with Gasteiger partial charge < -0.3 is 9.30 Å². The second-order valence-corrected chi connectivity index (χ2v) is 5.52. The third-order valence-corrected chi connectivity index (χ3v) is 3.81. The molecule has 114 valence electrons. The standard InChI is InChI=1S/C17H20N4O/c1-4-19(13(2)3)17(22)15-10-12-21(18-15)16-9-8-14-7-5-6-11-20(14)16/h5-13H,4H2,1-3H3. The van der Waals surface area contributed by atoms with E-state index in [9.17, 15) is 4.79 Å². The van der Waals surface area contributed by atoms with Crippen molar-refractivity contribution in [1.29, 1.82) is 0 Å². The zero-order chi connectivity index (χ0) is 15.7. The first-order chi connectivity index (χ1) is 10.6. The van der Waals surface area contributed by atoms with E-state index in [0.717, 1.165) is 11.3 Å². The van der Waals surface area contributed by atoms with Crippen LogP contribution >= 0.6 is 0 Å². The number of rotatable bonds is 4. The zero-order valence-electron chi connectivity index (χ0n) is 13.1. The highest BCUT2D eigenvalue weighted by atomic mass is 16.2. The average Bonchev–Trinajstić information content (AvgIpc) is 3.14. The van der Waals surface area contributed by atoms with E-state index in [1.54, 1.807) is 10.7 Å². The molecule has 0 atom stereocenters. The minimum atomic E-state index is -0.0305. The van der Waals surface area contributed by atoms with Crippen LogP contribution in [0, 0.1) is 0 Å². The first kappa shape index (κ1) is 14.4. The van der Waals surface area contributed by atoms with E-state index in [1.165, 1.54) is 0 Å². The predicted octanol–water partition coefficient (Wildman–Crippen LogP) is 3.00. The molecule has 0 aromatic carbocycles. The van der Waals surface area contributed by atoms with Gasteiger partial charge in [-0.2, -0.15) is 5.10 Å². The highest BCUT2D eigenvalue weighted by Gasteiger charge is 2.19. The SMILES string of the molecule is CCN(C(=O)c1ccn(-c2ccc3ccccn23)n1)C(C)C. The summed E-state index contributed by atoms with van der Waals surface area (Å²) in [4.78, 5) is 14.3. The maximum Gasteiger partial charge on any atom is 0.274 e. The van der Waals surface area contributed by atoms with Gasteiger partial charge in [0.15, 0.2) is 5.69 Å². The number of nitrogens with zero attached hydrogens (tertiary/aromatic N) is 4. The number of hydrogen-bond donors (Lipinski definition) is 0. The third-order valence-electron chi connectivity index (χ3n) is 3.81. The Morgan fingerprint density at radius 2 is 2.00 bits per heavy atom. The number of hydrogen-bond acceptors (Lipinski definition) is 2. The molecule has 5 heteroatoms. The molecule has 0 aliphatic carbocycles. The molecule has 3 aromatic rings. The zero-order valence-corrected chi connectivity index (χ0v) is 13.1. The lowest BCUT2D eigenvalue weighted by Crippen LogP contribution is -2.37. The molecule has 0 aliphatic heterocycles. The summed E-state index contributed by atoms with van der Waals surface area (Å²) in [5, 5.41) is 4.46. The second kappa shape index (κ2) is 5.67. The predicted molar refractivity (Wildman–Crippen MR) is 86.4 cm³/mol. The molecule has 3 rings (SSSR count). The summed E-state index contributed by atoms with van der Waals surface area (Å²) in [6, 6.07) is 12.0. The van der Waals surface area contributed by atoms with Gasteiger partial charge >= 0.3 is 0 Å². The number of fused-ring (bicyclic) bond motifs is 1. The van der Waals surface area contributed by atoms with Crippen molar-refractivity contribution in [2.75, 3.05) is 6.54 Å². The first-order valence-corrected chi connectivity index (χ1v) is 7.55. The van der Waals surface area contributed by atoms with E-state index in [0.29, 0.717) is 12.2 Å². The largest absolute Gasteiger partial charge is 0.335 e. The van der Waals surface area contributed by atoms with Gasteiger partial charge in [0.1, 0.15) is 5.82 Å². The van der Waals surface area contributed by atoms with E-state index in [2.05, 4.69) is 5.10 Å². The van der Waals surface area contributed by atoms with Crippen LogP contribution in [-0.4, -0.2) is 37.6 Å². The van der Waals surface area contributed by atoms with Gasteiger partial charge in [-0.05, 0) is 51.1 Å². The molecule has 0 bridgehead atoms. The van der Waals surface area contributed by atoms with Gasteiger partial charge in [0.25, 0.3) is 5.91 Å². The Labute approximate surface area is 129 Å². The molecule has 3 heterocycles. The van der Waals surface area contributed by atoms with Gasteiger partial charge in [-0.1, -0.05) is 6.07 Å². The molecule has 5 nitrogen and oxygen atoms in total. The fraction of sp³-hybridized carbons (Fsp3) is 0.294. The molecule has 0 unspecified atom stereocenters. The van der Waals surface area contributed by atoms with E-state index in [-0.39, 0.29) is 11.9 Å². The van der Waals surface area contributed by atoms with Crippen LogP contribution in [-0.2, 0) is 0 Å². The van der Waals surface area contributed by atoms with Crippen molar-refractivity contribution in [3.63, 3.8) is 0 Å². The maximum absolute atomic E-state index is 12.5. The highest BCUT2D eigenvalue weighted by Crippen LogP contribution is 2.15. The molecular weight excluding hydrogens is 276 g/mol. The molecular formula is C17H20N4O. The van der Waals surface area contributed by atoms with Crippen molar-refractivity contribution < 1.29 is 4.79 Å². The van der Waals surface area contributed by atoms with E-state index < -0.39 is 0 Å². The van der Waals surface area contributed by atoms with Crippen molar-refractivity contribution in [2.24, 2.45) is 0 Å². The fourth-order valence-corrected chi connectivity index (χ4v) is 2.68. The Morgan fingerprint density at radius 3 is 2.73 bits per heavy atom. The van der Waals surface area contributed by atoms with Gasteiger partial charge in [0.05, 0.1) is 0 Å². The third kappa shape index (κ3) is 2.39. The normalized spacial score (nSPS) is 11.3. The molecule has 0 spiro atoms. The van der Waals surface area contributed by atoms with Crippen LogP contribution in [0.5, 0.6) is 0 Å².